The highest BCUT2D eigenvalue weighted by molar-refractivity contribution is 5.89. The van der Waals surface area contributed by atoms with Crippen LogP contribution in [0.4, 0.5) is 0 Å². The minimum Gasteiger partial charge on any atom is -0.625 e. The van der Waals surface area contributed by atoms with Gasteiger partial charge < -0.3 is 15.4 Å². The first kappa shape index (κ1) is 12.8. The molecule has 0 aromatic heterocycles. The van der Waals surface area contributed by atoms with E-state index in [0.29, 0.717) is 5.56 Å². The van der Waals surface area contributed by atoms with Gasteiger partial charge in [0, 0.05) is 0 Å². The monoisotopic (exact) mass is 225 g/mol. The van der Waals surface area contributed by atoms with Crippen LogP contribution in [0.3, 0.4) is 0 Å². The summed E-state index contributed by atoms with van der Waals surface area (Å²) in [5, 5.41) is 29.6. The lowest BCUT2D eigenvalue weighted by Gasteiger charge is -2.38. The first-order valence-corrected chi connectivity index (χ1v) is 5.04. The van der Waals surface area contributed by atoms with Crippen LogP contribution in [0, 0.1) is 5.21 Å². The number of rotatable bonds is 5. The Labute approximate surface area is 93.7 Å². The van der Waals surface area contributed by atoms with Gasteiger partial charge in [-0.2, -0.15) is 0 Å². The standard InChI is InChI=1S/C11H15NO4/c13-8-6-12(16,7-9-14)11(15)10-4-2-1-3-5-10/h1-5,13-14H,6-9H2. The van der Waals surface area contributed by atoms with E-state index in [1.54, 1.807) is 30.3 Å². The van der Waals surface area contributed by atoms with Crippen molar-refractivity contribution in [3.63, 3.8) is 0 Å². The summed E-state index contributed by atoms with van der Waals surface area (Å²) in [5.41, 5.74) is 0.291. The number of nitrogens with zero attached hydrogens (tertiary/aromatic N) is 1. The van der Waals surface area contributed by atoms with Crippen molar-refractivity contribution in [1.29, 1.82) is 0 Å². The van der Waals surface area contributed by atoms with Crippen molar-refractivity contribution in [1.82, 2.24) is 0 Å². The molecule has 0 radical (unpaired) electrons. The molecule has 16 heavy (non-hydrogen) atoms. The number of aliphatic hydroxyl groups is 2. The van der Waals surface area contributed by atoms with E-state index in [0.717, 1.165) is 0 Å². The molecule has 88 valence electrons. The Morgan fingerprint density at radius 2 is 1.62 bits per heavy atom. The number of carbonyl (C=O) groups is 1. The topological polar surface area (TPSA) is 80.6 Å². The summed E-state index contributed by atoms with van der Waals surface area (Å²) >= 11 is 0. The van der Waals surface area contributed by atoms with Gasteiger partial charge in [0.25, 0.3) is 0 Å². The smallest absolute Gasteiger partial charge is 0.345 e. The first-order valence-electron chi connectivity index (χ1n) is 5.04. The number of quaternary nitrogens is 1. The molecule has 5 heteroatoms. The van der Waals surface area contributed by atoms with Gasteiger partial charge in [-0.3, -0.25) is 4.65 Å². The number of benzene rings is 1. The third-order valence-corrected chi connectivity index (χ3v) is 2.31. The van der Waals surface area contributed by atoms with E-state index >= 15 is 0 Å². The summed E-state index contributed by atoms with van der Waals surface area (Å²) in [6, 6.07) is 8.16. The minimum atomic E-state index is -1.23. The van der Waals surface area contributed by atoms with E-state index < -0.39 is 10.6 Å². The molecule has 0 aliphatic carbocycles. The van der Waals surface area contributed by atoms with Crippen LogP contribution in [0.2, 0.25) is 0 Å². The summed E-state index contributed by atoms with van der Waals surface area (Å²) in [6.45, 7) is -1.26. The van der Waals surface area contributed by atoms with E-state index in [-0.39, 0.29) is 26.3 Å². The molecular formula is C11H15NO4. The number of hydrogen-bond acceptors (Lipinski definition) is 4. The highest BCUT2D eigenvalue weighted by Crippen LogP contribution is 2.12. The molecule has 0 heterocycles. The van der Waals surface area contributed by atoms with Gasteiger partial charge in [0.1, 0.15) is 13.1 Å². The highest BCUT2D eigenvalue weighted by atomic mass is 16.6. The zero-order valence-corrected chi connectivity index (χ0v) is 8.87. The Kier molecular flexibility index (Phi) is 4.57. The lowest BCUT2D eigenvalue weighted by Crippen LogP contribution is -2.51. The molecule has 1 amide bonds. The lowest BCUT2D eigenvalue weighted by atomic mass is 10.2. The maximum Gasteiger partial charge on any atom is 0.345 e. The highest BCUT2D eigenvalue weighted by Gasteiger charge is 2.27. The molecule has 5 nitrogen and oxygen atoms in total. The van der Waals surface area contributed by atoms with E-state index in [2.05, 4.69) is 0 Å². The average Bonchev–Trinajstić information content (AvgIpc) is 2.30. The molecule has 1 aromatic carbocycles. The second-order valence-electron chi connectivity index (χ2n) is 3.45. The Hall–Kier alpha value is -1.27. The Morgan fingerprint density at radius 1 is 1.12 bits per heavy atom. The van der Waals surface area contributed by atoms with Gasteiger partial charge in [-0.1, -0.05) is 18.2 Å². The van der Waals surface area contributed by atoms with Gasteiger partial charge in [-0.25, -0.2) is 4.79 Å². The molecule has 0 fully saturated rings. The Bertz CT molecular complexity index is 333. The van der Waals surface area contributed by atoms with E-state index in [1.165, 1.54) is 0 Å². The molecule has 0 saturated carbocycles. The maximum atomic E-state index is 12.1. The fourth-order valence-electron chi connectivity index (χ4n) is 1.45. The fourth-order valence-corrected chi connectivity index (χ4v) is 1.45. The molecular weight excluding hydrogens is 210 g/mol. The summed E-state index contributed by atoms with van der Waals surface area (Å²) in [6.07, 6.45) is 0. The van der Waals surface area contributed by atoms with Crippen LogP contribution < -0.4 is 0 Å². The molecule has 0 unspecified atom stereocenters. The molecule has 0 atom stereocenters. The zero-order chi connectivity index (χ0) is 12.0. The molecule has 0 aliphatic heterocycles. The molecule has 0 spiro atoms. The van der Waals surface area contributed by atoms with Crippen molar-refractivity contribution in [2.75, 3.05) is 26.3 Å². The zero-order valence-electron chi connectivity index (χ0n) is 8.87. The molecule has 0 aliphatic rings. The predicted molar refractivity (Wildman–Crippen MR) is 58.3 cm³/mol. The van der Waals surface area contributed by atoms with Crippen molar-refractivity contribution in [3.05, 3.63) is 41.1 Å². The van der Waals surface area contributed by atoms with Crippen molar-refractivity contribution in [3.8, 4) is 0 Å². The van der Waals surface area contributed by atoms with Crippen molar-refractivity contribution >= 4 is 5.91 Å². The van der Waals surface area contributed by atoms with E-state index in [4.69, 9.17) is 10.2 Å². The summed E-state index contributed by atoms with van der Waals surface area (Å²) in [7, 11) is 0. The molecule has 0 saturated heterocycles. The predicted octanol–water partition coefficient (Wildman–Crippen LogP) is 0.126. The third-order valence-electron chi connectivity index (χ3n) is 2.31. The fraction of sp³-hybridized carbons (Fsp3) is 0.364. The van der Waals surface area contributed by atoms with Gasteiger partial charge in [0.05, 0.1) is 18.8 Å². The van der Waals surface area contributed by atoms with Gasteiger partial charge in [0.2, 0.25) is 0 Å². The van der Waals surface area contributed by atoms with Crippen LogP contribution in [-0.2, 0) is 0 Å². The number of amides is 1. The average molecular weight is 225 g/mol. The largest absolute Gasteiger partial charge is 0.625 e. The minimum absolute atomic E-state index is 0.242. The SMILES string of the molecule is O=C(c1ccccc1)[N+]([O-])(CCO)CCO. The van der Waals surface area contributed by atoms with Crippen LogP contribution in [-0.4, -0.2) is 47.1 Å². The number of aliphatic hydroxyl groups excluding tert-OH is 2. The molecule has 1 aromatic rings. The molecule has 0 bridgehead atoms. The van der Waals surface area contributed by atoms with E-state index in [9.17, 15) is 10.0 Å². The Balaban J connectivity index is 2.91. The van der Waals surface area contributed by atoms with Crippen LogP contribution >= 0.6 is 0 Å². The molecule has 1 rings (SSSR count). The van der Waals surface area contributed by atoms with Crippen LogP contribution in [0.1, 0.15) is 10.4 Å². The number of hydroxylamine groups is 3. The summed E-state index contributed by atoms with van der Waals surface area (Å²) in [5.74, 6) is -0.635. The van der Waals surface area contributed by atoms with Crippen molar-refractivity contribution in [2.24, 2.45) is 0 Å². The van der Waals surface area contributed by atoms with Gasteiger partial charge >= 0.3 is 5.91 Å². The second kappa shape index (κ2) is 5.72. The van der Waals surface area contributed by atoms with Crippen molar-refractivity contribution < 1.29 is 19.7 Å². The second-order valence-corrected chi connectivity index (χ2v) is 3.45. The number of carbonyl (C=O) groups excluding carboxylic acids is 1. The van der Waals surface area contributed by atoms with Crippen LogP contribution in [0.15, 0.2) is 30.3 Å². The van der Waals surface area contributed by atoms with Gasteiger partial charge in [-0.05, 0) is 12.1 Å². The van der Waals surface area contributed by atoms with Crippen molar-refractivity contribution in [2.45, 2.75) is 0 Å². The van der Waals surface area contributed by atoms with Gasteiger partial charge in [-0.15, -0.1) is 0 Å². The van der Waals surface area contributed by atoms with E-state index in [1.807, 2.05) is 0 Å². The lowest BCUT2D eigenvalue weighted by molar-refractivity contribution is -0.799. The van der Waals surface area contributed by atoms with Gasteiger partial charge in [0.15, 0.2) is 0 Å². The van der Waals surface area contributed by atoms with Crippen LogP contribution in [0.5, 0.6) is 0 Å². The number of hydrogen-bond donors (Lipinski definition) is 2. The summed E-state index contributed by atoms with van der Waals surface area (Å²) < 4.78 is -1.23. The Morgan fingerprint density at radius 3 is 2.06 bits per heavy atom. The molecule has 2 N–H and O–H groups in total. The summed E-state index contributed by atoms with van der Waals surface area (Å²) in [4.78, 5) is 11.9. The first-order chi connectivity index (χ1) is 7.64. The third kappa shape index (κ3) is 2.86. The van der Waals surface area contributed by atoms with Crippen LogP contribution in [0.25, 0.3) is 0 Å². The quantitative estimate of drug-likeness (QED) is 0.551. The normalized spacial score (nSPS) is 11.4. The maximum absolute atomic E-state index is 12.1.